The van der Waals surface area contributed by atoms with Crippen molar-refractivity contribution >= 4 is 17.5 Å². The van der Waals surface area contributed by atoms with E-state index in [1.165, 1.54) is 0 Å². The van der Waals surface area contributed by atoms with E-state index in [9.17, 15) is 4.79 Å². The number of fused-ring (bicyclic) bond motifs is 1. The SMILES string of the molecule is O=C1c2ccccc2OCC1SCN1CCOCC1. The molecule has 2 aliphatic heterocycles. The maximum absolute atomic E-state index is 12.3. The molecule has 4 nitrogen and oxygen atoms in total. The lowest BCUT2D eigenvalue weighted by Crippen LogP contribution is -2.38. The fraction of sp³-hybridized carbons (Fsp3) is 0.500. The van der Waals surface area contributed by atoms with Gasteiger partial charge >= 0.3 is 0 Å². The van der Waals surface area contributed by atoms with E-state index in [1.54, 1.807) is 11.8 Å². The Morgan fingerprint density at radius 1 is 1.26 bits per heavy atom. The van der Waals surface area contributed by atoms with Gasteiger partial charge in [-0.05, 0) is 12.1 Å². The molecule has 1 unspecified atom stereocenters. The second kappa shape index (κ2) is 5.94. The van der Waals surface area contributed by atoms with Gasteiger partial charge in [-0.2, -0.15) is 0 Å². The Morgan fingerprint density at radius 3 is 2.89 bits per heavy atom. The smallest absolute Gasteiger partial charge is 0.183 e. The number of hydrogen-bond donors (Lipinski definition) is 0. The number of carbonyl (C=O) groups is 1. The van der Waals surface area contributed by atoms with Gasteiger partial charge in [0.1, 0.15) is 17.6 Å². The molecule has 0 saturated carbocycles. The van der Waals surface area contributed by atoms with E-state index in [2.05, 4.69) is 4.90 Å². The van der Waals surface area contributed by atoms with E-state index >= 15 is 0 Å². The number of para-hydroxylation sites is 1. The zero-order valence-corrected chi connectivity index (χ0v) is 11.5. The van der Waals surface area contributed by atoms with Gasteiger partial charge in [-0.1, -0.05) is 12.1 Å². The molecule has 0 amide bonds. The van der Waals surface area contributed by atoms with Crippen LogP contribution in [-0.2, 0) is 4.74 Å². The van der Waals surface area contributed by atoms with Crippen LogP contribution in [0.1, 0.15) is 10.4 Å². The second-order valence-electron chi connectivity index (χ2n) is 4.69. The molecule has 0 bridgehead atoms. The van der Waals surface area contributed by atoms with Crippen LogP contribution >= 0.6 is 11.8 Å². The summed E-state index contributed by atoms with van der Waals surface area (Å²) in [5.74, 6) is 1.78. The zero-order chi connectivity index (χ0) is 13.1. The van der Waals surface area contributed by atoms with Crippen molar-refractivity contribution in [2.45, 2.75) is 5.25 Å². The molecule has 0 N–H and O–H groups in total. The molecule has 5 heteroatoms. The Labute approximate surface area is 117 Å². The Balaban J connectivity index is 1.59. The van der Waals surface area contributed by atoms with Crippen molar-refractivity contribution in [3.8, 4) is 5.75 Å². The third kappa shape index (κ3) is 2.94. The van der Waals surface area contributed by atoms with Gasteiger partial charge in [-0.25, -0.2) is 0 Å². The number of nitrogens with zero attached hydrogens (tertiary/aromatic N) is 1. The number of Topliss-reactive ketones (excluding diaryl/α,β-unsaturated/α-hetero) is 1. The minimum atomic E-state index is -0.0854. The van der Waals surface area contributed by atoms with Crippen molar-refractivity contribution < 1.29 is 14.3 Å². The van der Waals surface area contributed by atoms with Gasteiger partial charge in [0.15, 0.2) is 5.78 Å². The van der Waals surface area contributed by atoms with Crippen LogP contribution in [0.15, 0.2) is 24.3 Å². The normalized spacial score (nSPS) is 23.8. The summed E-state index contributed by atoms with van der Waals surface area (Å²) in [6.07, 6.45) is 0. The van der Waals surface area contributed by atoms with Crippen molar-refractivity contribution in [1.29, 1.82) is 0 Å². The molecule has 1 aromatic carbocycles. The number of benzene rings is 1. The standard InChI is InChI=1S/C14H17NO3S/c16-14-11-3-1-2-4-12(11)18-9-13(14)19-10-15-5-7-17-8-6-15/h1-4,13H,5-10H2. The highest BCUT2D eigenvalue weighted by atomic mass is 32.2. The Bertz CT molecular complexity index is 460. The number of thioether (sulfide) groups is 1. The molecule has 19 heavy (non-hydrogen) atoms. The number of rotatable bonds is 3. The number of carbonyl (C=O) groups excluding carboxylic acids is 1. The summed E-state index contributed by atoms with van der Waals surface area (Å²) in [5.41, 5.74) is 0.716. The molecule has 1 saturated heterocycles. The molecule has 1 atom stereocenters. The highest BCUT2D eigenvalue weighted by Gasteiger charge is 2.29. The summed E-state index contributed by atoms with van der Waals surface area (Å²) in [5, 5.41) is -0.0854. The average Bonchev–Trinajstić information content (AvgIpc) is 2.48. The van der Waals surface area contributed by atoms with Crippen LogP contribution in [-0.4, -0.2) is 54.7 Å². The topological polar surface area (TPSA) is 38.8 Å². The van der Waals surface area contributed by atoms with Crippen molar-refractivity contribution in [3.05, 3.63) is 29.8 Å². The third-order valence-electron chi connectivity index (χ3n) is 3.40. The lowest BCUT2D eigenvalue weighted by molar-refractivity contribution is 0.0473. The number of morpholine rings is 1. The highest BCUT2D eigenvalue weighted by Crippen LogP contribution is 2.29. The van der Waals surface area contributed by atoms with Crippen LogP contribution < -0.4 is 4.74 Å². The molecular weight excluding hydrogens is 262 g/mol. The van der Waals surface area contributed by atoms with Crippen LogP contribution in [0.5, 0.6) is 5.75 Å². The fourth-order valence-corrected chi connectivity index (χ4v) is 3.35. The maximum atomic E-state index is 12.3. The van der Waals surface area contributed by atoms with E-state index in [0.717, 1.165) is 37.9 Å². The molecule has 0 radical (unpaired) electrons. The summed E-state index contributed by atoms with van der Waals surface area (Å²) >= 11 is 1.67. The first-order valence-electron chi connectivity index (χ1n) is 6.52. The van der Waals surface area contributed by atoms with Crippen LogP contribution in [0.3, 0.4) is 0 Å². The van der Waals surface area contributed by atoms with Gasteiger partial charge in [-0.3, -0.25) is 9.69 Å². The average molecular weight is 279 g/mol. The van der Waals surface area contributed by atoms with E-state index in [-0.39, 0.29) is 11.0 Å². The molecule has 0 spiro atoms. The quantitative estimate of drug-likeness (QED) is 0.841. The summed E-state index contributed by atoms with van der Waals surface area (Å²) < 4.78 is 11.0. The highest BCUT2D eigenvalue weighted by molar-refractivity contribution is 8.00. The maximum Gasteiger partial charge on any atom is 0.183 e. The molecule has 3 rings (SSSR count). The molecule has 0 aliphatic carbocycles. The van der Waals surface area contributed by atoms with E-state index in [0.29, 0.717) is 12.2 Å². The predicted octanol–water partition coefficient (Wildman–Crippen LogP) is 1.65. The first-order valence-corrected chi connectivity index (χ1v) is 7.57. The zero-order valence-electron chi connectivity index (χ0n) is 10.7. The van der Waals surface area contributed by atoms with Crippen LogP contribution in [0, 0.1) is 0 Å². The second-order valence-corrected chi connectivity index (χ2v) is 5.85. The van der Waals surface area contributed by atoms with Gasteiger partial charge in [0.2, 0.25) is 0 Å². The molecule has 2 heterocycles. The van der Waals surface area contributed by atoms with E-state index in [4.69, 9.17) is 9.47 Å². The molecule has 1 fully saturated rings. The number of hydrogen-bond acceptors (Lipinski definition) is 5. The minimum absolute atomic E-state index is 0.0854. The first-order chi connectivity index (χ1) is 9.34. The molecule has 2 aliphatic rings. The lowest BCUT2D eigenvalue weighted by Gasteiger charge is -2.29. The number of ketones is 1. The first kappa shape index (κ1) is 13.0. The Morgan fingerprint density at radius 2 is 2.05 bits per heavy atom. The monoisotopic (exact) mass is 279 g/mol. The van der Waals surface area contributed by atoms with E-state index in [1.807, 2.05) is 24.3 Å². The molecule has 0 aromatic heterocycles. The Kier molecular flexibility index (Phi) is 4.06. The summed E-state index contributed by atoms with van der Waals surface area (Å²) in [7, 11) is 0. The van der Waals surface area contributed by atoms with Gasteiger partial charge in [0.25, 0.3) is 0 Å². The summed E-state index contributed by atoms with van der Waals surface area (Å²) in [4.78, 5) is 14.7. The minimum Gasteiger partial charge on any atom is -0.491 e. The van der Waals surface area contributed by atoms with Crippen molar-refractivity contribution in [2.75, 3.05) is 38.8 Å². The Hall–Kier alpha value is -1.04. The molecule has 102 valence electrons. The summed E-state index contributed by atoms with van der Waals surface area (Å²) in [6, 6.07) is 7.48. The van der Waals surface area contributed by atoms with Crippen LogP contribution in [0.4, 0.5) is 0 Å². The van der Waals surface area contributed by atoms with Crippen LogP contribution in [0.2, 0.25) is 0 Å². The van der Waals surface area contributed by atoms with Crippen molar-refractivity contribution in [3.63, 3.8) is 0 Å². The molecular formula is C14H17NO3S. The van der Waals surface area contributed by atoms with Gasteiger partial charge in [0, 0.05) is 19.0 Å². The van der Waals surface area contributed by atoms with Gasteiger partial charge in [0.05, 0.1) is 18.8 Å². The number of ether oxygens (including phenoxy) is 2. The fourth-order valence-electron chi connectivity index (χ4n) is 2.26. The van der Waals surface area contributed by atoms with Crippen LogP contribution in [0.25, 0.3) is 0 Å². The van der Waals surface area contributed by atoms with Gasteiger partial charge in [-0.15, -0.1) is 11.8 Å². The third-order valence-corrected chi connectivity index (χ3v) is 4.66. The van der Waals surface area contributed by atoms with Gasteiger partial charge < -0.3 is 9.47 Å². The van der Waals surface area contributed by atoms with E-state index < -0.39 is 0 Å². The van der Waals surface area contributed by atoms with Crippen molar-refractivity contribution in [1.82, 2.24) is 4.90 Å². The lowest BCUT2D eigenvalue weighted by atomic mass is 10.1. The van der Waals surface area contributed by atoms with Crippen molar-refractivity contribution in [2.24, 2.45) is 0 Å². The largest absolute Gasteiger partial charge is 0.491 e. The summed E-state index contributed by atoms with van der Waals surface area (Å²) in [6.45, 7) is 3.96. The molecule has 1 aromatic rings. The predicted molar refractivity (Wildman–Crippen MR) is 74.9 cm³/mol.